The second-order valence-electron chi connectivity index (χ2n) is 6.95. The van der Waals surface area contributed by atoms with Crippen molar-refractivity contribution in [1.29, 1.82) is 0 Å². The molecule has 0 unspecified atom stereocenters. The second-order valence-corrected chi connectivity index (χ2v) is 8.81. The highest BCUT2D eigenvalue weighted by Gasteiger charge is 2.37. The van der Waals surface area contributed by atoms with Crippen molar-refractivity contribution in [2.24, 2.45) is 0 Å². The topological polar surface area (TPSA) is 102 Å². The fourth-order valence-electron chi connectivity index (χ4n) is 3.38. The number of esters is 1. The molecule has 1 atom stereocenters. The van der Waals surface area contributed by atoms with Crippen molar-refractivity contribution >= 4 is 33.3 Å². The number of carbonyl (C=O) groups excluding carboxylic acids is 2. The van der Waals surface area contributed by atoms with Gasteiger partial charge in [0, 0.05) is 0 Å². The number of ether oxygens (including phenoxy) is 2. The quantitative estimate of drug-likeness (QED) is 0.597. The third kappa shape index (κ3) is 4.02. The molecule has 3 aromatic carbocycles. The molecule has 1 N–H and O–H groups in total. The van der Waals surface area contributed by atoms with Crippen LogP contribution >= 0.6 is 0 Å². The van der Waals surface area contributed by atoms with Crippen molar-refractivity contribution < 1.29 is 27.5 Å². The molecule has 8 nitrogen and oxygen atoms in total. The van der Waals surface area contributed by atoms with Gasteiger partial charge in [-0.1, -0.05) is 42.5 Å². The average molecular weight is 452 g/mol. The lowest BCUT2D eigenvalue weighted by molar-refractivity contribution is -0.122. The fourth-order valence-corrected chi connectivity index (χ4v) is 4.88. The molecular formula is C23H20N2O6S. The molecule has 32 heavy (non-hydrogen) atoms. The summed E-state index contributed by atoms with van der Waals surface area (Å²) in [7, 11) is -2.70. The first kappa shape index (κ1) is 21.4. The summed E-state index contributed by atoms with van der Waals surface area (Å²) in [6.07, 6.45) is -1.14. The highest BCUT2D eigenvalue weighted by Crippen LogP contribution is 2.37. The minimum Gasteiger partial charge on any atom is -0.476 e. The van der Waals surface area contributed by atoms with E-state index in [9.17, 15) is 18.0 Å². The molecule has 3 aromatic rings. The van der Waals surface area contributed by atoms with Gasteiger partial charge in [-0.05, 0) is 36.4 Å². The van der Waals surface area contributed by atoms with Crippen LogP contribution in [0.3, 0.4) is 0 Å². The van der Waals surface area contributed by atoms with Gasteiger partial charge in [0.05, 0.1) is 35.5 Å². The Morgan fingerprint density at radius 2 is 1.62 bits per heavy atom. The monoisotopic (exact) mass is 452 g/mol. The van der Waals surface area contributed by atoms with Crippen molar-refractivity contribution in [2.75, 3.05) is 23.3 Å². The number of para-hydroxylation sites is 3. The Bertz CT molecular complexity index is 1260. The van der Waals surface area contributed by atoms with E-state index in [1.165, 1.54) is 25.3 Å². The van der Waals surface area contributed by atoms with Crippen LogP contribution in [0.2, 0.25) is 0 Å². The molecule has 1 amide bonds. The lowest BCUT2D eigenvalue weighted by Gasteiger charge is -2.34. The van der Waals surface area contributed by atoms with Gasteiger partial charge < -0.3 is 14.8 Å². The van der Waals surface area contributed by atoms with Crippen molar-refractivity contribution in [2.45, 2.75) is 11.0 Å². The zero-order valence-corrected chi connectivity index (χ0v) is 17.9. The van der Waals surface area contributed by atoms with Gasteiger partial charge in [0.1, 0.15) is 5.75 Å². The van der Waals surface area contributed by atoms with Crippen molar-refractivity contribution in [3.05, 3.63) is 84.4 Å². The van der Waals surface area contributed by atoms with E-state index in [1.54, 1.807) is 60.7 Å². The highest BCUT2D eigenvalue weighted by atomic mass is 32.2. The molecule has 0 aliphatic carbocycles. The zero-order valence-electron chi connectivity index (χ0n) is 17.1. The Morgan fingerprint density at radius 3 is 2.38 bits per heavy atom. The zero-order chi connectivity index (χ0) is 22.7. The summed E-state index contributed by atoms with van der Waals surface area (Å²) in [5.41, 5.74) is 0.757. The van der Waals surface area contributed by atoms with E-state index in [2.05, 4.69) is 5.32 Å². The summed E-state index contributed by atoms with van der Waals surface area (Å²) in [6.45, 7) is -0.236. The van der Waals surface area contributed by atoms with Crippen LogP contribution in [0.25, 0.3) is 0 Å². The summed E-state index contributed by atoms with van der Waals surface area (Å²) in [6, 6.07) is 21.0. The number of carbonyl (C=O) groups is 2. The summed E-state index contributed by atoms with van der Waals surface area (Å²) >= 11 is 0. The molecule has 0 bridgehead atoms. The van der Waals surface area contributed by atoms with E-state index in [1.807, 2.05) is 0 Å². The third-order valence-corrected chi connectivity index (χ3v) is 6.74. The minimum atomic E-state index is -3.94. The molecule has 1 aliphatic heterocycles. The number of methoxy groups -OCH3 is 1. The number of amides is 1. The van der Waals surface area contributed by atoms with Crippen LogP contribution in [0.1, 0.15) is 10.4 Å². The summed E-state index contributed by atoms with van der Waals surface area (Å²) in [5, 5.41) is 2.65. The molecule has 0 radical (unpaired) electrons. The van der Waals surface area contributed by atoms with Crippen LogP contribution in [0.4, 0.5) is 11.4 Å². The Kier molecular flexibility index (Phi) is 5.83. The van der Waals surface area contributed by atoms with Gasteiger partial charge in [0.15, 0.2) is 6.10 Å². The second kappa shape index (κ2) is 8.72. The first-order chi connectivity index (χ1) is 15.4. The van der Waals surface area contributed by atoms with Gasteiger partial charge in [-0.3, -0.25) is 9.10 Å². The van der Waals surface area contributed by atoms with Crippen LogP contribution in [-0.2, 0) is 19.6 Å². The van der Waals surface area contributed by atoms with Crippen LogP contribution < -0.4 is 14.4 Å². The summed E-state index contributed by atoms with van der Waals surface area (Å²) in [5.74, 6) is -0.937. The predicted molar refractivity (Wildman–Crippen MR) is 118 cm³/mol. The molecule has 1 aliphatic rings. The van der Waals surface area contributed by atoms with Gasteiger partial charge in [-0.2, -0.15) is 0 Å². The van der Waals surface area contributed by atoms with E-state index in [0.717, 1.165) is 4.31 Å². The van der Waals surface area contributed by atoms with Crippen molar-refractivity contribution in [3.63, 3.8) is 0 Å². The molecule has 0 fully saturated rings. The van der Waals surface area contributed by atoms with Crippen LogP contribution in [0.15, 0.2) is 83.8 Å². The minimum absolute atomic E-state index is 0.104. The number of fused-ring (bicyclic) bond motifs is 1. The van der Waals surface area contributed by atoms with E-state index >= 15 is 0 Å². The van der Waals surface area contributed by atoms with E-state index < -0.39 is 28.0 Å². The number of benzene rings is 3. The van der Waals surface area contributed by atoms with Gasteiger partial charge in [-0.15, -0.1) is 0 Å². The molecule has 4 rings (SSSR count). The molecular weight excluding hydrogens is 432 g/mol. The van der Waals surface area contributed by atoms with E-state index in [0.29, 0.717) is 5.69 Å². The molecule has 0 saturated heterocycles. The maximum Gasteiger partial charge on any atom is 0.339 e. The van der Waals surface area contributed by atoms with Gasteiger partial charge in [-0.25, -0.2) is 13.2 Å². The number of nitrogens with one attached hydrogen (secondary N) is 1. The van der Waals surface area contributed by atoms with E-state index in [4.69, 9.17) is 9.47 Å². The number of rotatable bonds is 5. The third-order valence-electron chi connectivity index (χ3n) is 4.95. The Hall–Kier alpha value is -3.85. The molecule has 1 heterocycles. The molecule has 0 aromatic heterocycles. The lowest BCUT2D eigenvalue weighted by Crippen LogP contribution is -2.48. The van der Waals surface area contributed by atoms with Crippen molar-refractivity contribution in [1.82, 2.24) is 0 Å². The maximum atomic E-state index is 13.3. The Labute approximate surface area is 185 Å². The fraction of sp³-hybridized carbons (Fsp3) is 0.130. The Balaban J connectivity index is 1.66. The first-order valence-electron chi connectivity index (χ1n) is 9.73. The Morgan fingerprint density at radius 1 is 0.969 bits per heavy atom. The van der Waals surface area contributed by atoms with E-state index in [-0.39, 0.29) is 28.4 Å². The number of hydrogen-bond acceptors (Lipinski definition) is 6. The molecule has 0 saturated carbocycles. The molecule has 0 spiro atoms. The van der Waals surface area contributed by atoms with Gasteiger partial charge >= 0.3 is 5.97 Å². The molecule has 164 valence electrons. The number of hydrogen-bond donors (Lipinski definition) is 1. The van der Waals surface area contributed by atoms with Gasteiger partial charge in [0.2, 0.25) is 0 Å². The SMILES string of the molecule is COC(=O)c1ccccc1NC(=O)[C@H]1CN(S(=O)(=O)c2ccccc2)c2ccccc2O1. The normalized spacial score (nSPS) is 15.3. The predicted octanol–water partition coefficient (Wildman–Crippen LogP) is 3.07. The van der Waals surface area contributed by atoms with Crippen LogP contribution in [-0.4, -0.2) is 40.1 Å². The standard InChI is InChI=1S/C23H20N2O6S/c1-30-23(27)17-11-5-6-12-18(17)24-22(26)21-15-25(19-13-7-8-14-20(19)31-21)32(28,29)16-9-3-2-4-10-16/h2-14,21H,15H2,1H3,(H,24,26)/t21-/m1/s1. The highest BCUT2D eigenvalue weighted by molar-refractivity contribution is 7.92. The van der Waals surface area contributed by atoms with Crippen LogP contribution in [0, 0.1) is 0 Å². The van der Waals surface area contributed by atoms with Crippen molar-refractivity contribution in [3.8, 4) is 5.75 Å². The first-order valence-corrected chi connectivity index (χ1v) is 11.2. The number of anilines is 2. The smallest absolute Gasteiger partial charge is 0.339 e. The lowest BCUT2D eigenvalue weighted by atomic mass is 10.1. The van der Waals surface area contributed by atoms with Gasteiger partial charge in [0.25, 0.3) is 15.9 Å². The number of nitrogens with zero attached hydrogens (tertiary/aromatic N) is 1. The van der Waals surface area contributed by atoms with Crippen LogP contribution in [0.5, 0.6) is 5.75 Å². The summed E-state index contributed by atoms with van der Waals surface area (Å²) in [4.78, 5) is 25.1. The molecule has 9 heteroatoms. The number of sulfonamides is 1. The average Bonchev–Trinajstić information content (AvgIpc) is 2.83. The largest absolute Gasteiger partial charge is 0.476 e. The summed E-state index contributed by atoms with van der Waals surface area (Å²) < 4.78 is 38.4. The maximum absolute atomic E-state index is 13.3.